The second-order valence-corrected chi connectivity index (χ2v) is 5.40. The minimum Gasteiger partial charge on any atom is -0.314 e. The van der Waals surface area contributed by atoms with Crippen molar-refractivity contribution in [3.63, 3.8) is 0 Å². The topological polar surface area (TPSA) is 50.7 Å². The zero-order valence-electron chi connectivity index (χ0n) is 11.8. The van der Waals surface area contributed by atoms with Gasteiger partial charge in [0.1, 0.15) is 5.82 Å². The van der Waals surface area contributed by atoms with Crippen molar-refractivity contribution in [2.24, 2.45) is 0 Å². The van der Waals surface area contributed by atoms with Crippen LogP contribution >= 0.6 is 0 Å². The van der Waals surface area contributed by atoms with Crippen molar-refractivity contribution in [3.8, 4) is 11.3 Å². The molecular formula is C16H20N4. The van der Waals surface area contributed by atoms with Gasteiger partial charge in [-0.3, -0.25) is 4.98 Å². The lowest BCUT2D eigenvalue weighted by Crippen LogP contribution is -2.36. The normalized spacial score (nSPS) is 18.9. The molecule has 0 aromatic carbocycles. The first-order chi connectivity index (χ1) is 9.81. The van der Waals surface area contributed by atoms with Crippen LogP contribution < -0.4 is 5.32 Å². The zero-order valence-corrected chi connectivity index (χ0v) is 11.8. The van der Waals surface area contributed by atoms with Gasteiger partial charge in [-0.15, -0.1) is 0 Å². The predicted octanol–water partition coefficient (Wildman–Crippen LogP) is 2.53. The maximum atomic E-state index is 4.72. The number of nitrogens with zero attached hydrogens (tertiary/aromatic N) is 3. The van der Waals surface area contributed by atoms with Crippen LogP contribution in [0, 0.1) is 6.92 Å². The maximum absolute atomic E-state index is 4.72. The summed E-state index contributed by atoms with van der Waals surface area (Å²) >= 11 is 0. The molecular weight excluding hydrogens is 248 g/mol. The van der Waals surface area contributed by atoms with Crippen molar-refractivity contribution in [1.82, 2.24) is 20.3 Å². The molecule has 0 spiro atoms. The Bertz CT molecular complexity index is 562. The highest BCUT2D eigenvalue weighted by Gasteiger charge is 2.15. The van der Waals surface area contributed by atoms with Gasteiger partial charge in [-0.05, 0) is 44.5 Å². The fourth-order valence-corrected chi connectivity index (χ4v) is 2.71. The lowest BCUT2D eigenvalue weighted by atomic mass is 10.0. The Hall–Kier alpha value is -1.81. The summed E-state index contributed by atoms with van der Waals surface area (Å²) in [5, 5.41) is 3.56. The lowest BCUT2D eigenvalue weighted by molar-refractivity contribution is 0.394. The Morgan fingerprint density at radius 1 is 1.20 bits per heavy atom. The molecule has 0 bridgehead atoms. The Kier molecular flexibility index (Phi) is 4.02. The van der Waals surface area contributed by atoms with Gasteiger partial charge in [0.2, 0.25) is 0 Å². The Morgan fingerprint density at radius 3 is 2.80 bits per heavy atom. The summed E-state index contributed by atoms with van der Waals surface area (Å²) < 4.78 is 0. The molecule has 3 rings (SSSR count). The van der Waals surface area contributed by atoms with Crippen molar-refractivity contribution < 1.29 is 0 Å². The number of rotatable bonds is 3. The third kappa shape index (κ3) is 3.20. The van der Waals surface area contributed by atoms with Crippen molar-refractivity contribution >= 4 is 0 Å². The summed E-state index contributed by atoms with van der Waals surface area (Å²) in [5.74, 6) is 0.941. The van der Waals surface area contributed by atoms with E-state index < -0.39 is 0 Å². The quantitative estimate of drug-likeness (QED) is 0.929. The van der Waals surface area contributed by atoms with Gasteiger partial charge in [0, 0.05) is 36.1 Å². The molecule has 1 atom stereocenters. The van der Waals surface area contributed by atoms with Crippen LogP contribution in [0.1, 0.15) is 30.8 Å². The Labute approximate surface area is 119 Å². The number of hydrogen-bond donors (Lipinski definition) is 1. The van der Waals surface area contributed by atoms with Crippen LogP contribution in [-0.4, -0.2) is 27.5 Å². The summed E-state index contributed by atoms with van der Waals surface area (Å²) in [6, 6.07) is 6.54. The van der Waals surface area contributed by atoms with Gasteiger partial charge in [-0.25, -0.2) is 9.97 Å². The minimum absolute atomic E-state index is 0.524. The molecule has 0 aliphatic carbocycles. The van der Waals surface area contributed by atoms with E-state index in [1.54, 1.807) is 12.4 Å². The number of nitrogens with one attached hydrogen (secondary N) is 1. The van der Waals surface area contributed by atoms with Gasteiger partial charge in [0.25, 0.3) is 0 Å². The maximum Gasteiger partial charge on any atom is 0.130 e. The number of pyridine rings is 1. The van der Waals surface area contributed by atoms with Gasteiger partial charge in [0.15, 0.2) is 0 Å². The molecule has 104 valence electrons. The van der Waals surface area contributed by atoms with E-state index in [0.29, 0.717) is 6.04 Å². The average Bonchev–Trinajstić information content (AvgIpc) is 2.49. The highest BCUT2D eigenvalue weighted by atomic mass is 14.9. The monoisotopic (exact) mass is 268 g/mol. The molecule has 3 heterocycles. The van der Waals surface area contributed by atoms with E-state index in [1.165, 1.54) is 19.3 Å². The fraction of sp³-hybridized carbons (Fsp3) is 0.438. The number of piperidine rings is 1. The van der Waals surface area contributed by atoms with E-state index in [1.807, 2.05) is 25.1 Å². The Balaban J connectivity index is 1.83. The molecule has 4 nitrogen and oxygen atoms in total. The van der Waals surface area contributed by atoms with E-state index in [2.05, 4.69) is 15.3 Å². The molecule has 1 saturated heterocycles. The third-order valence-corrected chi connectivity index (χ3v) is 3.72. The van der Waals surface area contributed by atoms with Crippen molar-refractivity contribution in [3.05, 3.63) is 42.1 Å². The number of hydrogen-bond acceptors (Lipinski definition) is 4. The van der Waals surface area contributed by atoms with Gasteiger partial charge in [0.05, 0.1) is 5.69 Å². The standard InChI is InChI=1S/C16H20N4/c1-12-10-15(13-5-8-17-9-6-13)20-16(19-12)11-14-4-2-3-7-18-14/h5-6,8-10,14,18H,2-4,7,11H2,1H3. The second-order valence-electron chi connectivity index (χ2n) is 5.40. The van der Waals surface area contributed by atoms with Crippen LogP contribution in [0.25, 0.3) is 11.3 Å². The van der Waals surface area contributed by atoms with Crippen LogP contribution in [-0.2, 0) is 6.42 Å². The summed E-state index contributed by atoms with van der Waals surface area (Å²) in [6.07, 6.45) is 8.33. The van der Waals surface area contributed by atoms with Gasteiger partial charge < -0.3 is 5.32 Å². The van der Waals surface area contributed by atoms with Crippen LogP contribution in [0.4, 0.5) is 0 Å². The molecule has 1 unspecified atom stereocenters. The molecule has 1 aliphatic heterocycles. The predicted molar refractivity (Wildman–Crippen MR) is 79.3 cm³/mol. The summed E-state index contributed by atoms with van der Waals surface area (Å²) in [7, 11) is 0. The molecule has 0 amide bonds. The van der Waals surface area contributed by atoms with Gasteiger partial charge in [-0.2, -0.15) is 0 Å². The van der Waals surface area contributed by atoms with Gasteiger partial charge >= 0.3 is 0 Å². The molecule has 1 N–H and O–H groups in total. The first-order valence-electron chi connectivity index (χ1n) is 7.29. The number of aromatic nitrogens is 3. The largest absolute Gasteiger partial charge is 0.314 e. The van der Waals surface area contributed by atoms with Gasteiger partial charge in [-0.1, -0.05) is 6.42 Å². The van der Waals surface area contributed by atoms with E-state index in [0.717, 1.165) is 35.7 Å². The molecule has 0 saturated carbocycles. The molecule has 1 fully saturated rings. The Morgan fingerprint density at radius 2 is 2.05 bits per heavy atom. The smallest absolute Gasteiger partial charge is 0.130 e. The van der Waals surface area contributed by atoms with Crippen molar-refractivity contribution in [1.29, 1.82) is 0 Å². The summed E-state index contributed by atoms with van der Waals surface area (Å²) in [6.45, 7) is 3.15. The molecule has 2 aromatic heterocycles. The highest BCUT2D eigenvalue weighted by Crippen LogP contribution is 2.18. The van der Waals surface area contributed by atoms with E-state index in [9.17, 15) is 0 Å². The molecule has 1 aliphatic rings. The average molecular weight is 268 g/mol. The molecule has 4 heteroatoms. The summed E-state index contributed by atoms with van der Waals surface area (Å²) in [5.41, 5.74) is 3.12. The molecule has 2 aromatic rings. The fourth-order valence-electron chi connectivity index (χ4n) is 2.71. The van der Waals surface area contributed by atoms with Crippen LogP contribution in [0.5, 0.6) is 0 Å². The van der Waals surface area contributed by atoms with E-state index in [4.69, 9.17) is 4.98 Å². The highest BCUT2D eigenvalue weighted by molar-refractivity contribution is 5.58. The molecule has 20 heavy (non-hydrogen) atoms. The van der Waals surface area contributed by atoms with E-state index >= 15 is 0 Å². The summed E-state index contributed by atoms with van der Waals surface area (Å²) in [4.78, 5) is 13.4. The SMILES string of the molecule is Cc1cc(-c2ccncc2)nc(CC2CCCCN2)n1. The third-order valence-electron chi connectivity index (χ3n) is 3.72. The first-order valence-corrected chi connectivity index (χ1v) is 7.29. The number of aryl methyl sites for hydroxylation is 1. The second kappa shape index (κ2) is 6.09. The minimum atomic E-state index is 0.524. The van der Waals surface area contributed by atoms with E-state index in [-0.39, 0.29) is 0 Å². The van der Waals surface area contributed by atoms with Crippen LogP contribution in [0.3, 0.4) is 0 Å². The van der Waals surface area contributed by atoms with Crippen molar-refractivity contribution in [2.75, 3.05) is 6.54 Å². The van der Waals surface area contributed by atoms with Crippen LogP contribution in [0.15, 0.2) is 30.6 Å². The first kappa shape index (κ1) is 13.2. The zero-order chi connectivity index (χ0) is 13.8. The van der Waals surface area contributed by atoms with Crippen LogP contribution in [0.2, 0.25) is 0 Å². The lowest BCUT2D eigenvalue weighted by Gasteiger charge is -2.22. The van der Waals surface area contributed by atoms with Crippen molar-refractivity contribution in [2.45, 2.75) is 38.6 Å². The molecule has 0 radical (unpaired) electrons.